The van der Waals surface area contributed by atoms with Gasteiger partial charge in [-0.1, -0.05) is 18.2 Å². The van der Waals surface area contributed by atoms with Crippen LogP contribution in [-0.4, -0.2) is 43.9 Å². The molecule has 0 aromatic carbocycles. The van der Waals surface area contributed by atoms with E-state index < -0.39 is 9.53 Å². The molecule has 0 saturated heterocycles. The maximum absolute atomic E-state index is 10.3. The van der Waals surface area contributed by atoms with Gasteiger partial charge in [-0.2, -0.15) is 0 Å². The largest absolute Gasteiger partial charge is 0.483 e. The first-order valence-electron chi connectivity index (χ1n) is 4.61. The van der Waals surface area contributed by atoms with Crippen LogP contribution in [0.4, 0.5) is 0 Å². The van der Waals surface area contributed by atoms with Gasteiger partial charge in [0.2, 0.25) is 0 Å². The first kappa shape index (κ1) is 17.4. The Labute approximate surface area is 98.6 Å². The Morgan fingerprint density at radius 1 is 1.00 bits per heavy atom. The fourth-order valence-corrected chi connectivity index (χ4v) is 1.18. The van der Waals surface area contributed by atoms with Gasteiger partial charge in [0.15, 0.2) is 0 Å². The van der Waals surface area contributed by atoms with Crippen molar-refractivity contribution in [2.75, 3.05) is 28.4 Å². The van der Waals surface area contributed by atoms with Crippen LogP contribution in [0.3, 0.4) is 0 Å². The highest BCUT2D eigenvalue weighted by atomic mass is 28.3. The SMILES string of the molecule is CC=CC=CC(=O)OC.CO[SiH](OC)OC. The van der Waals surface area contributed by atoms with Gasteiger partial charge in [-0.3, -0.25) is 0 Å². The van der Waals surface area contributed by atoms with Gasteiger partial charge in [-0.15, -0.1) is 0 Å². The predicted octanol–water partition coefficient (Wildman–Crippen LogP) is 0.934. The highest BCUT2D eigenvalue weighted by Crippen LogP contribution is 1.81. The molecule has 5 nitrogen and oxygen atoms in total. The minimum atomic E-state index is -1.67. The molecule has 0 N–H and O–H groups in total. The summed E-state index contributed by atoms with van der Waals surface area (Å²) in [5.41, 5.74) is 0. The molecule has 16 heavy (non-hydrogen) atoms. The topological polar surface area (TPSA) is 54.0 Å². The maximum Gasteiger partial charge on any atom is 0.483 e. The Hall–Kier alpha value is -0.953. The highest BCUT2D eigenvalue weighted by Gasteiger charge is 2.04. The molecule has 0 aliphatic heterocycles. The average molecular weight is 248 g/mol. The molecule has 94 valence electrons. The Bertz CT molecular complexity index is 206. The van der Waals surface area contributed by atoms with Crippen LogP contribution in [0, 0.1) is 0 Å². The van der Waals surface area contributed by atoms with Crippen LogP contribution < -0.4 is 0 Å². The van der Waals surface area contributed by atoms with E-state index in [-0.39, 0.29) is 5.97 Å². The van der Waals surface area contributed by atoms with Crippen molar-refractivity contribution >= 4 is 15.5 Å². The third-order valence-electron chi connectivity index (χ3n) is 1.31. The molecule has 0 aromatic rings. The standard InChI is InChI=1S/C7H10O2.C3H10O3Si/c1-3-4-5-6-7(8)9-2;1-4-7(5-2)6-3/h3-6H,1-2H3;7H,1-3H3. The molecule has 0 radical (unpaired) electrons. The zero-order valence-corrected chi connectivity index (χ0v) is 11.6. The third kappa shape index (κ3) is 13.0. The summed E-state index contributed by atoms with van der Waals surface area (Å²) in [6, 6.07) is 0. The Morgan fingerprint density at radius 3 is 1.75 bits per heavy atom. The molecule has 0 aliphatic rings. The van der Waals surface area contributed by atoms with Gasteiger partial charge in [0.25, 0.3) is 0 Å². The van der Waals surface area contributed by atoms with Crippen molar-refractivity contribution in [1.82, 2.24) is 0 Å². The van der Waals surface area contributed by atoms with Crippen LogP contribution in [0.25, 0.3) is 0 Å². The second kappa shape index (κ2) is 14.0. The summed E-state index contributed by atoms with van der Waals surface area (Å²) in [4.78, 5) is 10.3. The molecule has 0 rings (SSSR count). The molecule has 0 aromatic heterocycles. The first-order chi connectivity index (χ1) is 7.65. The van der Waals surface area contributed by atoms with Crippen LogP contribution in [-0.2, 0) is 22.8 Å². The number of methoxy groups -OCH3 is 1. The van der Waals surface area contributed by atoms with Gasteiger partial charge in [0.1, 0.15) is 0 Å². The van der Waals surface area contributed by atoms with Crippen molar-refractivity contribution in [2.24, 2.45) is 0 Å². The lowest BCUT2D eigenvalue weighted by atomic mass is 10.4. The van der Waals surface area contributed by atoms with Gasteiger partial charge in [0.05, 0.1) is 7.11 Å². The molecule has 0 atom stereocenters. The fraction of sp³-hybridized carbons (Fsp3) is 0.500. The van der Waals surface area contributed by atoms with Crippen molar-refractivity contribution in [3.8, 4) is 0 Å². The quantitative estimate of drug-likeness (QED) is 0.313. The zero-order chi connectivity index (χ0) is 12.8. The lowest BCUT2D eigenvalue weighted by Crippen LogP contribution is -2.21. The molecular formula is C10H20O5Si. The summed E-state index contributed by atoms with van der Waals surface area (Å²) in [7, 11) is 4.40. The number of allylic oxidation sites excluding steroid dienone is 3. The molecule has 0 heterocycles. The Morgan fingerprint density at radius 2 is 1.50 bits per heavy atom. The molecule has 0 bridgehead atoms. The average Bonchev–Trinajstić information content (AvgIpc) is 2.32. The number of hydrogen-bond donors (Lipinski definition) is 0. The lowest BCUT2D eigenvalue weighted by Gasteiger charge is -2.05. The molecular weight excluding hydrogens is 228 g/mol. The number of hydrogen-bond acceptors (Lipinski definition) is 5. The second-order valence-corrected chi connectivity index (χ2v) is 4.40. The van der Waals surface area contributed by atoms with Gasteiger partial charge in [-0.25, -0.2) is 4.79 Å². The van der Waals surface area contributed by atoms with E-state index in [2.05, 4.69) is 4.74 Å². The maximum atomic E-state index is 10.3. The smallest absolute Gasteiger partial charge is 0.466 e. The number of carbonyl (C=O) groups is 1. The monoisotopic (exact) mass is 248 g/mol. The van der Waals surface area contributed by atoms with E-state index in [1.165, 1.54) is 13.2 Å². The normalized spacial score (nSPS) is 10.6. The summed E-state index contributed by atoms with van der Waals surface area (Å²) in [5.74, 6) is -0.326. The van der Waals surface area contributed by atoms with Gasteiger partial charge in [-0.05, 0) is 6.92 Å². The van der Waals surface area contributed by atoms with Crippen LogP contribution in [0.1, 0.15) is 6.92 Å². The van der Waals surface area contributed by atoms with Crippen LogP contribution in [0.5, 0.6) is 0 Å². The van der Waals surface area contributed by atoms with Crippen LogP contribution in [0.15, 0.2) is 24.3 Å². The van der Waals surface area contributed by atoms with E-state index in [0.717, 1.165) is 0 Å². The summed E-state index contributed by atoms with van der Waals surface area (Å²) >= 11 is 0. The van der Waals surface area contributed by atoms with E-state index in [9.17, 15) is 4.79 Å². The number of ether oxygens (including phenoxy) is 1. The third-order valence-corrected chi connectivity index (χ3v) is 2.47. The highest BCUT2D eigenvalue weighted by molar-refractivity contribution is 6.36. The summed E-state index contributed by atoms with van der Waals surface area (Å²) < 4.78 is 18.6. The summed E-state index contributed by atoms with van der Waals surface area (Å²) in [5, 5.41) is 0. The summed E-state index contributed by atoms with van der Waals surface area (Å²) in [6.45, 7) is 1.88. The van der Waals surface area contributed by atoms with Crippen LogP contribution in [0.2, 0.25) is 0 Å². The van der Waals surface area contributed by atoms with E-state index in [4.69, 9.17) is 13.3 Å². The molecule has 0 aliphatic carbocycles. The molecule has 0 spiro atoms. The molecule has 0 amide bonds. The Kier molecular flexibility index (Phi) is 15.3. The van der Waals surface area contributed by atoms with E-state index >= 15 is 0 Å². The van der Waals surface area contributed by atoms with Gasteiger partial charge >= 0.3 is 15.5 Å². The van der Waals surface area contributed by atoms with Crippen molar-refractivity contribution < 1.29 is 22.8 Å². The Balaban J connectivity index is 0. The molecule has 0 fully saturated rings. The van der Waals surface area contributed by atoms with Gasteiger partial charge in [0, 0.05) is 27.4 Å². The molecule has 6 heteroatoms. The minimum absolute atomic E-state index is 0.326. The minimum Gasteiger partial charge on any atom is -0.466 e. The van der Waals surface area contributed by atoms with Crippen molar-refractivity contribution in [3.05, 3.63) is 24.3 Å². The number of esters is 1. The zero-order valence-electron chi connectivity index (χ0n) is 10.4. The van der Waals surface area contributed by atoms with E-state index in [1.807, 2.05) is 13.0 Å². The predicted molar refractivity (Wildman–Crippen MR) is 64.1 cm³/mol. The molecule has 0 saturated carbocycles. The first-order valence-corrected chi connectivity index (χ1v) is 6.03. The fourth-order valence-electron chi connectivity index (χ4n) is 0.602. The molecule has 0 unspecified atom stereocenters. The van der Waals surface area contributed by atoms with E-state index in [0.29, 0.717) is 0 Å². The number of rotatable bonds is 5. The van der Waals surface area contributed by atoms with Crippen molar-refractivity contribution in [1.29, 1.82) is 0 Å². The van der Waals surface area contributed by atoms with E-state index in [1.54, 1.807) is 33.5 Å². The van der Waals surface area contributed by atoms with Gasteiger partial charge < -0.3 is 18.0 Å². The number of carbonyl (C=O) groups excluding carboxylic acids is 1. The lowest BCUT2D eigenvalue weighted by molar-refractivity contribution is -0.134. The van der Waals surface area contributed by atoms with Crippen molar-refractivity contribution in [2.45, 2.75) is 6.92 Å². The van der Waals surface area contributed by atoms with Crippen LogP contribution >= 0.6 is 0 Å². The van der Waals surface area contributed by atoms with Crippen molar-refractivity contribution in [3.63, 3.8) is 0 Å². The second-order valence-electron chi connectivity index (χ2n) is 2.40. The summed E-state index contributed by atoms with van der Waals surface area (Å²) in [6.07, 6.45) is 6.59.